The number of hydrogen-bond donors (Lipinski definition) is 1. The van der Waals surface area contributed by atoms with E-state index >= 15 is 0 Å². The summed E-state index contributed by atoms with van der Waals surface area (Å²) in [7, 11) is 3.00. The van der Waals surface area contributed by atoms with Crippen LogP contribution < -0.4 is 14.9 Å². The second kappa shape index (κ2) is 4.80. The number of aromatic carboxylic acids is 1. The molecule has 21 heavy (non-hydrogen) atoms. The number of hydrogen-bond acceptors (Lipinski definition) is 4. The van der Waals surface area contributed by atoms with Gasteiger partial charge in [-0.3, -0.25) is 4.79 Å². The van der Waals surface area contributed by atoms with Crippen LogP contribution in [0.5, 0.6) is 11.5 Å². The number of benzene rings is 1. The van der Waals surface area contributed by atoms with E-state index in [2.05, 4.69) is 0 Å². The van der Waals surface area contributed by atoms with Gasteiger partial charge >= 0.3 is 5.97 Å². The lowest BCUT2D eigenvalue weighted by Gasteiger charge is -2.16. The standard InChI is InChI=1S/C15H15NO5/c1-20-13-5-9-10(7-14(13)21-2)16(8-3-4-8)11(15(18)19)6-12(9)17/h5-8H,3-4H2,1-2H3,(H,18,19). The maximum absolute atomic E-state index is 12.2. The quantitative estimate of drug-likeness (QED) is 0.932. The minimum Gasteiger partial charge on any atom is -0.493 e. The maximum Gasteiger partial charge on any atom is 0.352 e. The van der Waals surface area contributed by atoms with E-state index < -0.39 is 5.97 Å². The van der Waals surface area contributed by atoms with E-state index in [9.17, 15) is 14.7 Å². The average molecular weight is 289 g/mol. The minimum absolute atomic E-state index is 0.0159. The molecule has 1 aromatic heterocycles. The molecular weight excluding hydrogens is 274 g/mol. The van der Waals surface area contributed by atoms with Crippen LogP contribution in [-0.2, 0) is 0 Å². The molecule has 6 heteroatoms. The van der Waals surface area contributed by atoms with Gasteiger partial charge in [-0.25, -0.2) is 4.79 Å². The molecular formula is C15H15NO5. The van der Waals surface area contributed by atoms with E-state index in [1.807, 2.05) is 0 Å². The van der Waals surface area contributed by atoms with Crippen LogP contribution in [-0.4, -0.2) is 29.9 Å². The normalized spacial score (nSPS) is 14.2. The molecule has 0 unspecified atom stereocenters. The van der Waals surface area contributed by atoms with Crippen LogP contribution in [0.2, 0.25) is 0 Å². The van der Waals surface area contributed by atoms with E-state index in [0.29, 0.717) is 22.4 Å². The van der Waals surface area contributed by atoms with E-state index in [1.54, 1.807) is 16.7 Å². The molecule has 1 aliphatic rings. The van der Waals surface area contributed by atoms with Crippen LogP contribution in [0, 0.1) is 0 Å². The number of carbonyl (C=O) groups is 1. The average Bonchev–Trinajstić information content (AvgIpc) is 3.30. The molecule has 1 fully saturated rings. The third-order valence-electron chi connectivity index (χ3n) is 3.69. The highest BCUT2D eigenvalue weighted by atomic mass is 16.5. The van der Waals surface area contributed by atoms with Gasteiger partial charge in [0.2, 0.25) is 0 Å². The van der Waals surface area contributed by atoms with Gasteiger partial charge in [0.05, 0.1) is 19.7 Å². The Labute approximate surface area is 120 Å². The van der Waals surface area contributed by atoms with Crippen LogP contribution in [0.3, 0.4) is 0 Å². The molecule has 1 saturated carbocycles. The van der Waals surface area contributed by atoms with Gasteiger partial charge in [0.25, 0.3) is 0 Å². The minimum atomic E-state index is -1.10. The van der Waals surface area contributed by atoms with Crippen LogP contribution in [0.1, 0.15) is 29.4 Å². The third kappa shape index (κ3) is 2.12. The van der Waals surface area contributed by atoms with Crippen molar-refractivity contribution in [3.05, 3.63) is 34.1 Å². The Kier molecular flexibility index (Phi) is 3.08. The molecule has 3 rings (SSSR count). The Morgan fingerprint density at radius 3 is 2.33 bits per heavy atom. The van der Waals surface area contributed by atoms with E-state index in [4.69, 9.17) is 9.47 Å². The second-order valence-corrected chi connectivity index (χ2v) is 5.02. The van der Waals surface area contributed by atoms with Gasteiger partial charge in [0.1, 0.15) is 5.69 Å². The van der Waals surface area contributed by atoms with Crippen molar-refractivity contribution >= 4 is 16.9 Å². The smallest absolute Gasteiger partial charge is 0.352 e. The molecule has 1 aliphatic carbocycles. The Hall–Kier alpha value is -2.50. The van der Waals surface area contributed by atoms with Crippen LogP contribution in [0.25, 0.3) is 10.9 Å². The van der Waals surface area contributed by atoms with Gasteiger partial charge in [-0.2, -0.15) is 0 Å². The van der Waals surface area contributed by atoms with Gasteiger partial charge < -0.3 is 19.1 Å². The SMILES string of the molecule is COc1cc2c(=O)cc(C(=O)O)n(C3CC3)c2cc1OC. The molecule has 0 amide bonds. The molecule has 0 spiro atoms. The summed E-state index contributed by atoms with van der Waals surface area (Å²) in [4.78, 5) is 23.6. The second-order valence-electron chi connectivity index (χ2n) is 5.02. The van der Waals surface area contributed by atoms with Gasteiger partial charge in [0, 0.05) is 23.6 Å². The third-order valence-corrected chi connectivity index (χ3v) is 3.69. The fourth-order valence-corrected chi connectivity index (χ4v) is 2.56. The largest absolute Gasteiger partial charge is 0.493 e. The van der Waals surface area contributed by atoms with Crippen molar-refractivity contribution in [1.29, 1.82) is 0 Å². The Morgan fingerprint density at radius 2 is 1.81 bits per heavy atom. The van der Waals surface area contributed by atoms with Gasteiger partial charge in [-0.05, 0) is 18.9 Å². The zero-order valence-electron chi connectivity index (χ0n) is 11.8. The first-order valence-electron chi connectivity index (χ1n) is 6.61. The number of pyridine rings is 1. The van der Waals surface area contributed by atoms with Crippen molar-refractivity contribution in [2.45, 2.75) is 18.9 Å². The zero-order valence-corrected chi connectivity index (χ0v) is 11.8. The molecule has 1 N–H and O–H groups in total. The number of carboxylic acid groups (broad SMARTS) is 1. The predicted molar refractivity (Wildman–Crippen MR) is 76.5 cm³/mol. The molecule has 0 radical (unpaired) electrons. The summed E-state index contributed by atoms with van der Waals surface area (Å²) < 4.78 is 12.2. The van der Waals surface area contributed by atoms with Crippen molar-refractivity contribution in [3.63, 3.8) is 0 Å². The number of nitrogens with zero attached hydrogens (tertiary/aromatic N) is 1. The van der Waals surface area contributed by atoms with E-state index in [0.717, 1.165) is 12.8 Å². The first kappa shape index (κ1) is 13.5. The molecule has 0 aliphatic heterocycles. The van der Waals surface area contributed by atoms with Crippen molar-refractivity contribution in [1.82, 2.24) is 4.57 Å². The summed E-state index contributed by atoms with van der Waals surface area (Å²) >= 11 is 0. The molecule has 6 nitrogen and oxygen atoms in total. The predicted octanol–water partition coefficient (Wildman–Crippen LogP) is 2.05. The molecule has 0 atom stereocenters. The Bertz CT molecular complexity index is 789. The van der Waals surface area contributed by atoms with Gasteiger partial charge in [-0.15, -0.1) is 0 Å². The summed E-state index contributed by atoms with van der Waals surface area (Å²) in [5, 5.41) is 9.77. The number of rotatable bonds is 4. The topological polar surface area (TPSA) is 77.8 Å². The van der Waals surface area contributed by atoms with E-state index in [1.165, 1.54) is 20.3 Å². The number of fused-ring (bicyclic) bond motifs is 1. The maximum atomic E-state index is 12.2. The molecule has 0 saturated heterocycles. The lowest BCUT2D eigenvalue weighted by atomic mass is 10.1. The highest BCUT2D eigenvalue weighted by Crippen LogP contribution is 2.40. The first-order valence-corrected chi connectivity index (χ1v) is 6.61. The molecule has 110 valence electrons. The van der Waals surface area contributed by atoms with Gasteiger partial charge in [0.15, 0.2) is 16.9 Å². The molecule has 2 aromatic rings. The molecule has 1 aromatic carbocycles. The highest BCUT2D eigenvalue weighted by Gasteiger charge is 2.29. The highest BCUT2D eigenvalue weighted by molar-refractivity contribution is 5.92. The summed E-state index contributed by atoms with van der Waals surface area (Å²) in [5.41, 5.74) is 0.252. The molecule has 0 bridgehead atoms. The number of ether oxygens (including phenoxy) is 2. The van der Waals surface area contributed by atoms with Crippen molar-refractivity contribution < 1.29 is 19.4 Å². The monoisotopic (exact) mass is 289 g/mol. The molecule has 1 heterocycles. The number of carboxylic acids is 1. The van der Waals surface area contributed by atoms with Crippen LogP contribution in [0.15, 0.2) is 23.0 Å². The fourth-order valence-electron chi connectivity index (χ4n) is 2.56. The van der Waals surface area contributed by atoms with Gasteiger partial charge in [-0.1, -0.05) is 0 Å². The van der Waals surface area contributed by atoms with Crippen LogP contribution in [0.4, 0.5) is 0 Å². The summed E-state index contributed by atoms with van der Waals surface area (Å²) in [6.07, 6.45) is 1.82. The van der Waals surface area contributed by atoms with Crippen molar-refractivity contribution in [3.8, 4) is 11.5 Å². The fraction of sp³-hybridized carbons (Fsp3) is 0.333. The lowest BCUT2D eigenvalue weighted by molar-refractivity contribution is 0.0684. The zero-order chi connectivity index (χ0) is 15.1. The first-order chi connectivity index (χ1) is 10.1. The van der Waals surface area contributed by atoms with E-state index in [-0.39, 0.29) is 17.2 Å². The van der Waals surface area contributed by atoms with Crippen molar-refractivity contribution in [2.75, 3.05) is 14.2 Å². The lowest BCUT2D eigenvalue weighted by Crippen LogP contribution is -2.17. The number of methoxy groups -OCH3 is 2. The van der Waals surface area contributed by atoms with Crippen LogP contribution >= 0.6 is 0 Å². The number of aromatic nitrogens is 1. The summed E-state index contributed by atoms with van der Waals surface area (Å²) in [6, 6.07) is 4.56. The Balaban J connectivity index is 2.42. The Morgan fingerprint density at radius 1 is 1.19 bits per heavy atom. The van der Waals surface area contributed by atoms with Crippen molar-refractivity contribution in [2.24, 2.45) is 0 Å². The summed E-state index contributed by atoms with van der Waals surface area (Å²) in [6.45, 7) is 0. The summed E-state index contributed by atoms with van der Waals surface area (Å²) in [5.74, 6) is -0.176.